The van der Waals surface area contributed by atoms with E-state index in [9.17, 15) is 9.18 Å². The molecule has 0 saturated heterocycles. The van der Waals surface area contributed by atoms with Crippen molar-refractivity contribution < 1.29 is 13.9 Å². The van der Waals surface area contributed by atoms with Gasteiger partial charge in [0.15, 0.2) is 0 Å². The van der Waals surface area contributed by atoms with E-state index in [0.29, 0.717) is 18.6 Å². The van der Waals surface area contributed by atoms with E-state index in [2.05, 4.69) is 32.9 Å². The maximum Gasteiger partial charge on any atom is 0.150 e. The van der Waals surface area contributed by atoms with E-state index in [0.717, 1.165) is 5.56 Å². The Hall–Kier alpha value is -2.16. The molecule has 0 N–H and O–H groups in total. The molecular weight excluding hydrogens is 267 g/mol. The minimum atomic E-state index is -0.474. The molecule has 0 amide bonds. The van der Waals surface area contributed by atoms with Crippen LogP contribution in [0.5, 0.6) is 5.75 Å². The van der Waals surface area contributed by atoms with Crippen LogP contribution in [0, 0.1) is 5.82 Å². The van der Waals surface area contributed by atoms with Gasteiger partial charge >= 0.3 is 0 Å². The molecule has 2 rings (SSSR count). The molecule has 0 aliphatic rings. The molecule has 0 fully saturated rings. The van der Waals surface area contributed by atoms with Crippen LogP contribution < -0.4 is 4.74 Å². The van der Waals surface area contributed by atoms with Crippen molar-refractivity contribution in [2.24, 2.45) is 0 Å². The van der Waals surface area contributed by atoms with Crippen molar-refractivity contribution in [1.82, 2.24) is 0 Å². The molecule has 0 aromatic heterocycles. The number of hydrogen-bond donors (Lipinski definition) is 0. The Morgan fingerprint density at radius 3 is 2.33 bits per heavy atom. The summed E-state index contributed by atoms with van der Waals surface area (Å²) >= 11 is 0. The number of ether oxygens (including phenoxy) is 1. The highest BCUT2D eigenvalue weighted by Crippen LogP contribution is 2.23. The van der Waals surface area contributed by atoms with Gasteiger partial charge in [0.25, 0.3) is 0 Å². The van der Waals surface area contributed by atoms with Crippen molar-refractivity contribution in [3.05, 3.63) is 65.0 Å². The predicted octanol–water partition coefficient (Wildman–Crippen LogP) is 4.51. The molecule has 0 atom stereocenters. The SMILES string of the molecule is CC(C)(C)c1ccc(COc2cc(F)cc(C=O)c2)cc1. The second-order valence-electron chi connectivity index (χ2n) is 6.07. The van der Waals surface area contributed by atoms with Crippen LogP contribution in [0.15, 0.2) is 42.5 Å². The normalized spacial score (nSPS) is 11.2. The highest BCUT2D eigenvalue weighted by Gasteiger charge is 2.12. The Morgan fingerprint density at radius 2 is 1.76 bits per heavy atom. The molecule has 2 aromatic carbocycles. The topological polar surface area (TPSA) is 26.3 Å². The maximum atomic E-state index is 13.3. The molecule has 0 saturated carbocycles. The average molecular weight is 286 g/mol. The van der Waals surface area contributed by atoms with Gasteiger partial charge in [-0.15, -0.1) is 0 Å². The Labute approximate surface area is 124 Å². The van der Waals surface area contributed by atoms with Crippen LogP contribution >= 0.6 is 0 Å². The molecule has 0 heterocycles. The molecular formula is C18H19FO2. The van der Waals surface area contributed by atoms with Crippen LogP contribution in [-0.4, -0.2) is 6.29 Å². The summed E-state index contributed by atoms with van der Waals surface area (Å²) < 4.78 is 18.8. The molecule has 0 unspecified atom stereocenters. The molecule has 110 valence electrons. The molecule has 0 radical (unpaired) electrons. The zero-order chi connectivity index (χ0) is 15.5. The van der Waals surface area contributed by atoms with Crippen molar-refractivity contribution >= 4 is 6.29 Å². The number of hydrogen-bond acceptors (Lipinski definition) is 2. The van der Waals surface area contributed by atoms with E-state index < -0.39 is 5.82 Å². The number of rotatable bonds is 4. The van der Waals surface area contributed by atoms with E-state index in [-0.39, 0.29) is 11.0 Å². The van der Waals surface area contributed by atoms with Gasteiger partial charge in [0.2, 0.25) is 0 Å². The number of carbonyl (C=O) groups excluding carboxylic acids is 1. The van der Waals surface area contributed by atoms with E-state index in [1.807, 2.05) is 12.1 Å². The van der Waals surface area contributed by atoms with Crippen molar-refractivity contribution in [1.29, 1.82) is 0 Å². The average Bonchev–Trinajstić information content (AvgIpc) is 2.44. The third-order valence-electron chi connectivity index (χ3n) is 3.26. The van der Waals surface area contributed by atoms with E-state index >= 15 is 0 Å². The van der Waals surface area contributed by atoms with Gasteiger partial charge in [-0.25, -0.2) is 4.39 Å². The fourth-order valence-electron chi connectivity index (χ4n) is 2.00. The Kier molecular flexibility index (Phi) is 4.41. The lowest BCUT2D eigenvalue weighted by molar-refractivity contribution is 0.112. The van der Waals surface area contributed by atoms with Crippen LogP contribution in [0.3, 0.4) is 0 Å². The molecule has 3 heteroatoms. The van der Waals surface area contributed by atoms with Crippen molar-refractivity contribution in [3.8, 4) is 5.75 Å². The van der Waals surface area contributed by atoms with Gasteiger partial charge in [0.05, 0.1) is 0 Å². The lowest BCUT2D eigenvalue weighted by Crippen LogP contribution is -2.10. The van der Waals surface area contributed by atoms with Crippen LogP contribution in [0.4, 0.5) is 4.39 Å². The van der Waals surface area contributed by atoms with Crippen LogP contribution in [0.2, 0.25) is 0 Å². The summed E-state index contributed by atoms with van der Waals surface area (Å²) in [6.07, 6.45) is 0.605. The summed E-state index contributed by atoms with van der Waals surface area (Å²) in [6, 6.07) is 12.1. The second kappa shape index (κ2) is 6.08. The van der Waals surface area contributed by atoms with Gasteiger partial charge in [-0.3, -0.25) is 4.79 Å². The second-order valence-corrected chi connectivity index (χ2v) is 6.07. The first-order chi connectivity index (χ1) is 9.88. The molecule has 0 spiro atoms. The zero-order valence-electron chi connectivity index (χ0n) is 12.5. The van der Waals surface area contributed by atoms with Crippen molar-refractivity contribution in [3.63, 3.8) is 0 Å². The molecule has 0 bridgehead atoms. The fraction of sp³-hybridized carbons (Fsp3) is 0.278. The van der Waals surface area contributed by atoms with E-state index in [1.54, 1.807) is 0 Å². The summed E-state index contributed by atoms with van der Waals surface area (Å²) in [5.41, 5.74) is 2.63. The summed E-state index contributed by atoms with van der Waals surface area (Å²) in [4.78, 5) is 10.7. The van der Waals surface area contributed by atoms with Crippen LogP contribution in [-0.2, 0) is 12.0 Å². The van der Waals surface area contributed by atoms with Crippen LogP contribution in [0.25, 0.3) is 0 Å². The minimum absolute atomic E-state index is 0.112. The van der Waals surface area contributed by atoms with Gasteiger partial charge in [-0.2, -0.15) is 0 Å². The summed E-state index contributed by atoms with van der Waals surface area (Å²) in [5, 5.41) is 0. The predicted molar refractivity (Wildman–Crippen MR) is 81.3 cm³/mol. The summed E-state index contributed by atoms with van der Waals surface area (Å²) in [7, 11) is 0. The van der Waals surface area contributed by atoms with Gasteiger partial charge in [-0.1, -0.05) is 45.0 Å². The quantitative estimate of drug-likeness (QED) is 0.773. The van der Waals surface area contributed by atoms with Crippen LogP contribution in [0.1, 0.15) is 42.3 Å². The molecule has 2 nitrogen and oxygen atoms in total. The van der Waals surface area contributed by atoms with E-state index in [1.165, 1.54) is 23.8 Å². The first-order valence-corrected chi connectivity index (χ1v) is 6.86. The van der Waals surface area contributed by atoms with Gasteiger partial charge in [-0.05, 0) is 28.7 Å². The lowest BCUT2D eigenvalue weighted by atomic mass is 9.87. The van der Waals surface area contributed by atoms with Gasteiger partial charge in [0.1, 0.15) is 24.5 Å². The number of halogens is 1. The Bertz CT molecular complexity index is 625. The zero-order valence-corrected chi connectivity index (χ0v) is 12.5. The standard InChI is InChI=1S/C18H19FO2/c1-18(2,3)15-6-4-13(5-7-15)12-21-17-9-14(11-20)8-16(19)10-17/h4-11H,12H2,1-3H3. The third-order valence-corrected chi connectivity index (χ3v) is 3.26. The monoisotopic (exact) mass is 286 g/mol. The number of aldehydes is 1. The summed E-state index contributed by atoms with van der Waals surface area (Å²) in [6.45, 7) is 6.82. The first kappa shape index (κ1) is 15.2. The molecule has 21 heavy (non-hydrogen) atoms. The van der Waals surface area contributed by atoms with Crippen molar-refractivity contribution in [2.75, 3.05) is 0 Å². The minimum Gasteiger partial charge on any atom is -0.489 e. The van der Waals surface area contributed by atoms with Gasteiger partial charge in [0, 0.05) is 11.6 Å². The smallest absolute Gasteiger partial charge is 0.150 e. The lowest BCUT2D eigenvalue weighted by Gasteiger charge is -2.19. The molecule has 0 aliphatic heterocycles. The largest absolute Gasteiger partial charge is 0.489 e. The number of carbonyl (C=O) groups is 1. The van der Waals surface area contributed by atoms with Gasteiger partial charge < -0.3 is 4.74 Å². The van der Waals surface area contributed by atoms with Crippen molar-refractivity contribution in [2.45, 2.75) is 32.8 Å². The maximum absolute atomic E-state index is 13.3. The van der Waals surface area contributed by atoms with E-state index in [4.69, 9.17) is 4.74 Å². The Balaban J connectivity index is 2.06. The first-order valence-electron chi connectivity index (χ1n) is 6.86. The molecule has 2 aromatic rings. The number of benzene rings is 2. The summed E-state index contributed by atoms with van der Waals surface area (Å²) in [5.74, 6) is -0.116. The highest BCUT2D eigenvalue weighted by molar-refractivity contribution is 5.75. The highest BCUT2D eigenvalue weighted by atomic mass is 19.1. The third kappa shape index (κ3) is 4.15. The fourth-order valence-corrected chi connectivity index (χ4v) is 2.00. The molecule has 0 aliphatic carbocycles. The Morgan fingerprint density at radius 1 is 1.10 bits per heavy atom.